The van der Waals surface area contributed by atoms with Crippen molar-refractivity contribution in [2.75, 3.05) is 0 Å². The molecule has 1 N–H and O–H groups in total. The second-order valence-electron chi connectivity index (χ2n) is 4.94. The van der Waals surface area contributed by atoms with E-state index in [2.05, 4.69) is 67.4 Å². The normalized spacial score (nSPS) is 11.0. The van der Waals surface area contributed by atoms with Crippen molar-refractivity contribution in [2.45, 2.75) is 20.3 Å². The number of aromatic amines is 1. The average Bonchev–Trinajstić information content (AvgIpc) is 2.67. The molecule has 1 heterocycles. The zero-order chi connectivity index (χ0) is 12.5. The van der Waals surface area contributed by atoms with Crippen molar-refractivity contribution in [3.8, 4) is 0 Å². The molecule has 0 bridgehead atoms. The van der Waals surface area contributed by atoms with Crippen LogP contribution in [0.3, 0.4) is 0 Å². The molecule has 2 aromatic carbocycles. The number of rotatable bonds is 2. The first-order valence-corrected chi connectivity index (χ1v) is 6.36. The Morgan fingerprint density at radius 3 is 2.50 bits per heavy atom. The van der Waals surface area contributed by atoms with Gasteiger partial charge in [-0.25, -0.2) is 0 Å². The molecule has 18 heavy (non-hydrogen) atoms. The fraction of sp³-hybridized carbons (Fsp3) is 0.176. The molecule has 0 amide bonds. The Labute approximate surface area is 107 Å². The van der Waals surface area contributed by atoms with Gasteiger partial charge in [0.2, 0.25) is 0 Å². The third-order valence-corrected chi connectivity index (χ3v) is 3.50. The van der Waals surface area contributed by atoms with E-state index in [0.717, 1.165) is 6.42 Å². The lowest BCUT2D eigenvalue weighted by atomic mass is 10.0. The highest BCUT2D eigenvalue weighted by Crippen LogP contribution is 2.25. The van der Waals surface area contributed by atoms with Crippen LogP contribution in [0.25, 0.3) is 10.9 Å². The van der Waals surface area contributed by atoms with E-state index in [0.29, 0.717) is 0 Å². The smallest absolute Gasteiger partial charge is 0.0459 e. The average molecular weight is 235 g/mol. The molecule has 0 saturated heterocycles. The van der Waals surface area contributed by atoms with Crippen LogP contribution in [0.1, 0.15) is 22.4 Å². The monoisotopic (exact) mass is 235 g/mol. The minimum atomic E-state index is 0.996. The number of fused-ring (bicyclic) bond motifs is 1. The highest BCUT2D eigenvalue weighted by Gasteiger charge is 2.08. The van der Waals surface area contributed by atoms with Crippen LogP contribution in [0, 0.1) is 13.8 Å². The lowest BCUT2D eigenvalue weighted by Crippen LogP contribution is -1.89. The second-order valence-corrected chi connectivity index (χ2v) is 4.94. The summed E-state index contributed by atoms with van der Waals surface area (Å²) in [6.07, 6.45) is 0.996. The summed E-state index contributed by atoms with van der Waals surface area (Å²) >= 11 is 0. The summed E-state index contributed by atoms with van der Waals surface area (Å²) < 4.78 is 0. The Morgan fingerprint density at radius 1 is 0.944 bits per heavy atom. The Kier molecular flexibility index (Phi) is 2.67. The van der Waals surface area contributed by atoms with Crippen LogP contribution in [0.15, 0.2) is 48.5 Å². The fourth-order valence-corrected chi connectivity index (χ4v) is 2.52. The molecule has 1 nitrogen and oxygen atoms in total. The maximum Gasteiger partial charge on any atom is 0.0459 e. The molecule has 1 aromatic heterocycles. The molecule has 0 aliphatic carbocycles. The molecule has 0 unspecified atom stereocenters. The molecular weight excluding hydrogens is 218 g/mol. The lowest BCUT2D eigenvalue weighted by molar-refractivity contribution is 1.15. The van der Waals surface area contributed by atoms with Gasteiger partial charge in [-0.05, 0) is 43.5 Å². The first-order valence-electron chi connectivity index (χ1n) is 6.36. The van der Waals surface area contributed by atoms with Crippen LogP contribution in [-0.4, -0.2) is 4.98 Å². The van der Waals surface area contributed by atoms with Crippen molar-refractivity contribution in [1.82, 2.24) is 4.98 Å². The zero-order valence-corrected chi connectivity index (χ0v) is 10.8. The Balaban J connectivity index is 2.11. The van der Waals surface area contributed by atoms with E-state index < -0.39 is 0 Å². The van der Waals surface area contributed by atoms with Gasteiger partial charge in [0.15, 0.2) is 0 Å². The van der Waals surface area contributed by atoms with Gasteiger partial charge in [0.25, 0.3) is 0 Å². The number of hydrogen-bond acceptors (Lipinski definition) is 0. The molecule has 0 aliphatic rings. The van der Waals surface area contributed by atoms with Gasteiger partial charge in [0.05, 0.1) is 0 Å². The number of aryl methyl sites for hydroxylation is 2. The van der Waals surface area contributed by atoms with Gasteiger partial charge in [-0.15, -0.1) is 0 Å². The van der Waals surface area contributed by atoms with Crippen molar-refractivity contribution >= 4 is 10.9 Å². The molecule has 0 spiro atoms. The topological polar surface area (TPSA) is 15.8 Å². The third kappa shape index (κ3) is 1.92. The van der Waals surface area contributed by atoms with Crippen LogP contribution >= 0.6 is 0 Å². The van der Waals surface area contributed by atoms with Crippen LogP contribution in [-0.2, 0) is 6.42 Å². The van der Waals surface area contributed by atoms with Crippen molar-refractivity contribution in [2.24, 2.45) is 0 Å². The van der Waals surface area contributed by atoms with E-state index in [1.807, 2.05) is 0 Å². The molecular formula is C17H17N. The van der Waals surface area contributed by atoms with Gasteiger partial charge in [-0.1, -0.05) is 42.0 Å². The number of nitrogens with one attached hydrogen (secondary N) is 1. The first-order chi connectivity index (χ1) is 8.74. The fourth-order valence-electron chi connectivity index (χ4n) is 2.52. The van der Waals surface area contributed by atoms with E-state index >= 15 is 0 Å². The van der Waals surface area contributed by atoms with Gasteiger partial charge in [-0.2, -0.15) is 0 Å². The number of aromatic nitrogens is 1. The Bertz CT molecular complexity index is 677. The summed E-state index contributed by atoms with van der Waals surface area (Å²) in [6.45, 7) is 4.31. The molecule has 0 radical (unpaired) electrons. The highest BCUT2D eigenvalue weighted by atomic mass is 14.7. The van der Waals surface area contributed by atoms with Gasteiger partial charge < -0.3 is 4.98 Å². The van der Waals surface area contributed by atoms with E-state index in [4.69, 9.17) is 0 Å². The zero-order valence-electron chi connectivity index (χ0n) is 10.8. The van der Waals surface area contributed by atoms with E-state index in [1.54, 1.807) is 0 Å². The van der Waals surface area contributed by atoms with E-state index in [1.165, 1.54) is 33.3 Å². The Morgan fingerprint density at radius 2 is 1.72 bits per heavy atom. The number of hydrogen-bond donors (Lipinski definition) is 1. The Hall–Kier alpha value is -2.02. The van der Waals surface area contributed by atoms with Crippen LogP contribution in [0.4, 0.5) is 0 Å². The van der Waals surface area contributed by atoms with Crippen molar-refractivity contribution in [3.05, 3.63) is 70.9 Å². The summed E-state index contributed by atoms with van der Waals surface area (Å²) in [5.74, 6) is 0. The minimum Gasteiger partial charge on any atom is -0.358 e. The van der Waals surface area contributed by atoms with Gasteiger partial charge in [0.1, 0.15) is 0 Å². The summed E-state index contributed by atoms with van der Waals surface area (Å²) in [4.78, 5) is 3.47. The van der Waals surface area contributed by atoms with Gasteiger partial charge >= 0.3 is 0 Å². The first kappa shape index (κ1) is 11.1. The van der Waals surface area contributed by atoms with E-state index in [-0.39, 0.29) is 0 Å². The highest BCUT2D eigenvalue weighted by molar-refractivity contribution is 5.85. The SMILES string of the molecule is Cc1ccc2[nH]c(C)c(Cc3ccccc3)c2c1. The minimum absolute atomic E-state index is 0.996. The number of benzene rings is 2. The van der Waals surface area contributed by atoms with E-state index in [9.17, 15) is 0 Å². The number of H-pyrrole nitrogens is 1. The maximum absolute atomic E-state index is 3.47. The summed E-state index contributed by atoms with van der Waals surface area (Å²) in [6, 6.07) is 17.3. The summed E-state index contributed by atoms with van der Waals surface area (Å²) in [7, 11) is 0. The molecule has 3 aromatic rings. The summed E-state index contributed by atoms with van der Waals surface area (Å²) in [5.41, 5.74) is 6.61. The molecule has 0 fully saturated rings. The van der Waals surface area contributed by atoms with Crippen molar-refractivity contribution < 1.29 is 0 Å². The van der Waals surface area contributed by atoms with Crippen LogP contribution in [0.2, 0.25) is 0 Å². The van der Waals surface area contributed by atoms with Crippen LogP contribution < -0.4 is 0 Å². The predicted molar refractivity (Wildman–Crippen MR) is 77.0 cm³/mol. The molecule has 0 atom stereocenters. The third-order valence-electron chi connectivity index (χ3n) is 3.50. The lowest BCUT2D eigenvalue weighted by Gasteiger charge is -2.02. The molecule has 1 heteroatoms. The van der Waals surface area contributed by atoms with Gasteiger partial charge in [-0.3, -0.25) is 0 Å². The maximum atomic E-state index is 3.47. The standard InChI is InChI=1S/C17H17N/c1-12-8-9-17-16(10-12)15(13(2)18-17)11-14-6-4-3-5-7-14/h3-10,18H,11H2,1-2H3. The molecule has 3 rings (SSSR count). The quantitative estimate of drug-likeness (QED) is 0.678. The van der Waals surface area contributed by atoms with Crippen molar-refractivity contribution in [3.63, 3.8) is 0 Å². The summed E-state index contributed by atoms with van der Waals surface area (Å²) in [5, 5.41) is 1.36. The largest absolute Gasteiger partial charge is 0.358 e. The van der Waals surface area contributed by atoms with Crippen LogP contribution in [0.5, 0.6) is 0 Å². The van der Waals surface area contributed by atoms with Crippen molar-refractivity contribution in [1.29, 1.82) is 0 Å². The predicted octanol–water partition coefficient (Wildman–Crippen LogP) is 4.38. The molecule has 0 aliphatic heterocycles. The molecule has 0 saturated carbocycles. The molecule has 90 valence electrons. The van der Waals surface area contributed by atoms with Gasteiger partial charge in [0, 0.05) is 16.6 Å². The second kappa shape index (κ2) is 4.34.